The van der Waals surface area contributed by atoms with Gasteiger partial charge in [-0.25, -0.2) is 4.79 Å². The van der Waals surface area contributed by atoms with Gasteiger partial charge in [0.15, 0.2) is 11.5 Å². The van der Waals surface area contributed by atoms with Crippen molar-refractivity contribution >= 4 is 22.6 Å². The van der Waals surface area contributed by atoms with Crippen LogP contribution in [-0.2, 0) is 4.74 Å². The first-order valence-corrected chi connectivity index (χ1v) is 9.54. The van der Waals surface area contributed by atoms with Crippen LogP contribution < -0.4 is 19.7 Å². The Kier molecular flexibility index (Phi) is 6.34. The second-order valence-corrected chi connectivity index (χ2v) is 6.16. The number of anilines is 1. The number of ether oxygens (including phenoxy) is 3. The third-order valence-corrected chi connectivity index (χ3v) is 4.43. The summed E-state index contributed by atoms with van der Waals surface area (Å²) < 4.78 is 16.8. The Morgan fingerprint density at radius 2 is 1.74 bits per heavy atom. The van der Waals surface area contributed by atoms with Crippen LogP contribution in [0.15, 0.2) is 18.3 Å². The number of hydrogen-bond acceptors (Lipinski definition) is 7. The number of carbonyl (C=O) groups is 1. The fourth-order valence-electron chi connectivity index (χ4n) is 3.31. The lowest BCUT2D eigenvalue weighted by Gasteiger charge is -2.31. The zero-order valence-electron chi connectivity index (χ0n) is 16.2. The summed E-state index contributed by atoms with van der Waals surface area (Å²) in [6.07, 6.45) is 1.60. The molecule has 0 atom stereocenters. The second kappa shape index (κ2) is 8.90. The van der Waals surface area contributed by atoms with Gasteiger partial charge in [-0.3, -0.25) is 4.98 Å². The van der Waals surface area contributed by atoms with Gasteiger partial charge in [0.05, 0.1) is 31.0 Å². The molecule has 1 N–H and O–H groups in total. The maximum absolute atomic E-state index is 12.6. The molecule has 1 aliphatic rings. The van der Waals surface area contributed by atoms with Crippen LogP contribution in [0, 0.1) is 0 Å². The number of aromatic nitrogens is 1. The van der Waals surface area contributed by atoms with Gasteiger partial charge in [-0.2, -0.15) is 0 Å². The Morgan fingerprint density at radius 1 is 1.07 bits per heavy atom. The molecular formula is C20H27N3O4. The van der Waals surface area contributed by atoms with E-state index in [4.69, 9.17) is 14.2 Å². The van der Waals surface area contributed by atoms with Crippen LogP contribution in [0.25, 0.3) is 10.9 Å². The molecule has 1 aromatic heterocycles. The number of nitrogens with one attached hydrogen (secondary N) is 1. The summed E-state index contributed by atoms with van der Waals surface area (Å²) in [5.74, 6) is 0.966. The summed E-state index contributed by atoms with van der Waals surface area (Å²) in [6, 6.07) is 3.81. The van der Waals surface area contributed by atoms with E-state index in [9.17, 15) is 4.79 Å². The van der Waals surface area contributed by atoms with E-state index in [2.05, 4.69) is 15.2 Å². The van der Waals surface area contributed by atoms with Gasteiger partial charge in [-0.15, -0.1) is 0 Å². The van der Waals surface area contributed by atoms with E-state index in [0.717, 1.165) is 42.8 Å². The van der Waals surface area contributed by atoms with Crippen LogP contribution in [0.4, 0.5) is 5.69 Å². The van der Waals surface area contributed by atoms with E-state index in [1.807, 2.05) is 26.0 Å². The predicted octanol–water partition coefficient (Wildman–Crippen LogP) is 2.62. The van der Waals surface area contributed by atoms with E-state index in [-0.39, 0.29) is 5.97 Å². The first-order valence-electron chi connectivity index (χ1n) is 9.54. The molecule has 0 spiro atoms. The molecule has 1 aliphatic heterocycles. The molecule has 146 valence electrons. The lowest BCUT2D eigenvalue weighted by atomic mass is 10.1. The summed E-state index contributed by atoms with van der Waals surface area (Å²) in [4.78, 5) is 19.3. The van der Waals surface area contributed by atoms with Crippen molar-refractivity contribution < 1.29 is 19.0 Å². The molecule has 0 unspecified atom stereocenters. The molecule has 1 fully saturated rings. The van der Waals surface area contributed by atoms with Crippen molar-refractivity contribution in [3.63, 3.8) is 0 Å². The Bertz CT molecular complexity index is 803. The van der Waals surface area contributed by atoms with Crippen molar-refractivity contribution in [1.82, 2.24) is 10.3 Å². The highest BCUT2D eigenvalue weighted by atomic mass is 16.5. The van der Waals surface area contributed by atoms with Crippen LogP contribution in [0.3, 0.4) is 0 Å². The smallest absolute Gasteiger partial charge is 0.341 e. The van der Waals surface area contributed by atoms with Crippen molar-refractivity contribution in [3.05, 3.63) is 23.9 Å². The van der Waals surface area contributed by atoms with Gasteiger partial charge < -0.3 is 24.4 Å². The number of fused-ring (bicyclic) bond motifs is 1. The third kappa shape index (κ3) is 4.08. The number of piperazine rings is 1. The molecule has 0 radical (unpaired) electrons. The standard InChI is InChI=1S/C20H27N3O4/c1-4-25-17-11-14-16(12-18(17)26-5-2)22-13-15(20(24)27-6-3)19(14)23-9-7-21-8-10-23/h11-13,21H,4-10H2,1-3H3. The topological polar surface area (TPSA) is 72.9 Å². The minimum Gasteiger partial charge on any atom is -0.490 e. The van der Waals surface area contributed by atoms with E-state index < -0.39 is 0 Å². The molecule has 2 heterocycles. The van der Waals surface area contributed by atoms with Gasteiger partial charge in [0.1, 0.15) is 5.56 Å². The fourth-order valence-corrected chi connectivity index (χ4v) is 3.31. The molecule has 2 aromatic rings. The normalized spacial score (nSPS) is 14.3. The molecule has 7 nitrogen and oxygen atoms in total. The number of nitrogens with zero attached hydrogens (tertiary/aromatic N) is 2. The minimum atomic E-state index is -0.354. The lowest BCUT2D eigenvalue weighted by molar-refractivity contribution is 0.0526. The van der Waals surface area contributed by atoms with Crippen LogP contribution >= 0.6 is 0 Å². The molecule has 1 saturated heterocycles. The van der Waals surface area contributed by atoms with Crippen molar-refractivity contribution in [2.45, 2.75) is 20.8 Å². The van der Waals surface area contributed by atoms with Crippen molar-refractivity contribution in [2.24, 2.45) is 0 Å². The van der Waals surface area contributed by atoms with E-state index in [0.29, 0.717) is 36.9 Å². The van der Waals surface area contributed by atoms with Gasteiger partial charge in [0, 0.05) is 43.8 Å². The Labute approximate surface area is 159 Å². The van der Waals surface area contributed by atoms with Crippen molar-refractivity contribution in [2.75, 3.05) is 50.9 Å². The summed E-state index contributed by atoms with van der Waals surface area (Å²) in [5.41, 5.74) is 2.10. The summed E-state index contributed by atoms with van der Waals surface area (Å²) in [6.45, 7) is 10.4. The maximum atomic E-state index is 12.6. The summed E-state index contributed by atoms with van der Waals surface area (Å²) >= 11 is 0. The number of hydrogen-bond donors (Lipinski definition) is 1. The fraction of sp³-hybridized carbons (Fsp3) is 0.500. The molecule has 0 amide bonds. The zero-order chi connectivity index (χ0) is 19.2. The van der Waals surface area contributed by atoms with Crippen LogP contribution in [0.2, 0.25) is 0 Å². The Balaban J connectivity index is 2.20. The number of pyridine rings is 1. The van der Waals surface area contributed by atoms with Gasteiger partial charge in [-0.1, -0.05) is 0 Å². The lowest BCUT2D eigenvalue weighted by Crippen LogP contribution is -2.44. The average Bonchev–Trinajstić information content (AvgIpc) is 2.69. The SMILES string of the molecule is CCOC(=O)c1cnc2cc(OCC)c(OCC)cc2c1N1CCNCC1. The average molecular weight is 373 g/mol. The van der Waals surface area contributed by atoms with Crippen LogP contribution in [0.5, 0.6) is 11.5 Å². The highest BCUT2D eigenvalue weighted by Crippen LogP contribution is 2.38. The monoisotopic (exact) mass is 373 g/mol. The van der Waals surface area contributed by atoms with Crippen LogP contribution in [0.1, 0.15) is 31.1 Å². The van der Waals surface area contributed by atoms with Crippen molar-refractivity contribution in [3.8, 4) is 11.5 Å². The molecule has 3 rings (SSSR count). The maximum Gasteiger partial charge on any atom is 0.341 e. The third-order valence-electron chi connectivity index (χ3n) is 4.43. The Hall–Kier alpha value is -2.54. The number of carbonyl (C=O) groups excluding carboxylic acids is 1. The zero-order valence-corrected chi connectivity index (χ0v) is 16.2. The number of benzene rings is 1. The molecule has 1 aromatic carbocycles. The molecule has 0 saturated carbocycles. The summed E-state index contributed by atoms with van der Waals surface area (Å²) in [5, 5.41) is 4.22. The molecule has 7 heteroatoms. The Morgan fingerprint density at radius 3 is 2.37 bits per heavy atom. The highest BCUT2D eigenvalue weighted by Gasteiger charge is 2.24. The molecule has 0 bridgehead atoms. The quantitative estimate of drug-likeness (QED) is 0.748. The molecular weight excluding hydrogens is 346 g/mol. The largest absolute Gasteiger partial charge is 0.490 e. The second-order valence-electron chi connectivity index (χ2n) is 6.16. The van der Waals surface area contributed by atoms with E-state index in [1.54, 1.807) is 13.1 Å². The number of esters is 1. The van der Waals surface area contributed by atoms with Crippen LogP contribution in [-0.4, -0.2) is 57.0 Å². The van der Waals surface area contributed by atoms with Gasteiger partial charge in [0.25, 0.3) is 0 Å². The predicted molar refractivity (Wildman–Crippen MR) is 105 cm³/mol. The van der Waals surface area contributed by atoms with E-state index >= 15 is 0 Å². The number of rotatable bonds is 7. The van der Waals surface area contributed by atoms with Gasteiger partial charge in [-0.05, 0) is 26.8 Å². The minimum absolute atomic E-state index is 0.325. The molecule has 0 aliphatic carbocycles. The first-order chi connectivity index (χ1) is 13.2. The van der Waals surface area contributed by atoms with E-state index in [1.165, 1.54) is 0 Å². The van der Waals surface area contributed by atoms with Gasteiger partial charge in [0.2, 0.25) is 0 Å². The van der Waals surface area contributed by atoms with Crippen molar-refractivity contribution in [1.29, 1.82) is 0 Å². The summed E-state index contributed by atoms with van der Waals surface area (Å²) in [7, 11) is 0. The highest BCUT2D eigenvalue weighted by molar-refractivity contribution is 6.06. The molecule has 27 heavy (non-hydrogen) atoms. The van der Waals surface area contributed by atoms with Gasteiger partial charge >= 0.3 is 5.97 Å². The first kappa shape index (κ1) is 19.2.